The summed E-state index contributed by atoms with van der Waals surface area (Å²) in [6, 6.07) is 5.14. The summed E-state index contributed by atoms with van der Waals surface area (Å²) < 4.78 is 53.1. The third-order valence-corrected chi connectivity index (χ3v) is 5.16. The normalized spacial score (nSPS) is 13.0. The van der Waals surface area contributed by atoms with Crippen LogP contribution in [0, 0.1) is 24.4 Å². The van der Waals surface area contributed by atoms with E-state index in [0.717, 1.165) is 42.5 Å². The van der Waals surface area contributed by atoms with E-state index < -0.39 is 29.6 Å². The van der Waals surface area contributed by atoms with Gasteiger partial charge in [0.15, 0.2) is 23.1 Å². The van der Waals surface area contributed by atoms with E-state index in [4.69, 9.17) is 9.47 Å². The minimum atomic E-state index is -1.30. The van der Waals surface area contributed by atoms with Crippen LogP contribution in [0.15, 0.2) is 29.8 Å². The van der Waals surface area contributed by atoms with E-state index >= 15 is 0 Å². The molecule has 0 N–H and O–H groups in total. The number of hydrogen-bond donors (Lipinski definition) is 0. The van der Waals surface area contributed by atoms with Crippen LogP contribution in [0.4, 0.5) is 13.2 Å². The second-order valence-electron chi connectivity index (χ2n) is 6.85. The Labute approximate surface area is 167 Å². The van der Waals surface area contributed by atoms with Crippen LogP contribution in [0.2, 0.25) is 0 Å². The molecule has 1 aliphatic rings. The quantitative estimate of drug-likeness (QED) is 0.482. The van der Waals surface area contributed by atoms with Crippen molar-refractivity contribution in [2.24, 2.45) is 0 Å². The van der Waals surface area contributed by atoms with Gasteiger partial charge in [0.25, 0.3) is 0 Å². The van der Waals surface area contributed by atoms with E-state index in [1.165, 1.54) is 19.1 Å². The molecule has 2 aromatic rings. The van der Waals surface area contributed by atoms with Gasteiger partial charge in [-0.05, 0) is 55.5 Å². The first kappa shape index (κ1) is 20.8. The highest BCUT2D eigenvalue weighted by Gasteiger charge is 2.28. The Morgan fingerprint density at radius 2 is 1.76 bits per heavy atom. The van der Waals surface area contributed by atoms with Crippen molar-refractivity contribution in [2.75, 3.05) is 14.2 Å². The second-order valence-corrected chi connectivity index (χ2v) is 6.85. The van der Waals surface area contributed by atoms with Crippen LogP contribution in [0.3, 0.4) is 0 Å². The maximum atomic E-state index is 14.2. The molecule has 0 spiro atoms. The fourth-order valence-corrected chi connectivity index (χ4v) is 3.49. The number of methoxy groups -OCH3 is 2. The number of amides is 1. The average molecular weight is 405 g/mol. The maximum absolute atomic E-state index is 14.2. The molecule has 0 unspecified atom stereocenters. The van der Waals surface area contributed by atoms with Crippen LogP contribution in [0.5, 0.6) is 11.5 Å². The molecule has 7 heteroatoms. The van der Waals surface area contributed by atoms with Crippen LogP contribution in [0.25, 0.3) is 5.70 Å². The molecule has 0 heterocycles. The molecule has 1 amide bonds. The number of rotatable bonds is 7. The lowest BCUT2D eigenvalue weighted by Crippen LogP contribution is -2.25. The summed E-state index contributed by atoms with van der Waals surface area (Å²) >= 11 is 0. The van der Waals surface area contributed by atoms with E-state index in [1.807, 2.05) is 13.0 Å². The zero-order valence-corrected chi connectivity index (χ0v) is 16.5. The molecule has 0 aromatic heterocycles. The van der Waals surface area contributed by atoms with Crippen LogP contribution in [0.1, 0.15) is 36.0 Å². The molecule has 0 radical (unpaired) electrons. The molecule has 0 aliphatic heterocycles. The summed E-state index contributed by atoms with van der Waals surface area (Å²) in [7, 11) is 2.99. The molecule has 3 rings (SSSR count). The molecule has 1 saturated carbocycles. The molecule has 1 fully saturated rings. The van der Waals surface area contributed by atoms with E-state index in [2.05, 4.69) is 0 Å². The van der Waals surface area contributed by atoms with Gasteiger partial charge in [0, 0.05) is 11.1 Å². The molecule has 4 nitrogen and oxygen atoms in total. The van der Waals surface area contributed by atoms with E-state index in [1.54, 1.807) is 6.07 Å². The van der Waals surface area contributed by atoms with Gasteiger partial charge in [-0.3, -0.25) is 4.79 Å². The first-order valence-electron chi connectivity index (χ1n) is 9.21. The van der Waals surface area contributed by atoms with Crippen LogP contribution < -0.4 is 9.47 Å². The Hall–Kier alpha value is -2.96. The zero-order chi connectivity index (χ0) is 21.1. The molecule has 0 saturated heterocycles. The third kappa shape index (κ3) is 3.81. The van der Waals surface area contributed by atoms with Gasteiger partial charge in [0.05, 0.1) is 26.5 Å². The summed E-state index contributed by atoms with van der Waals surface area (Å²) in [4.78, 5) is 13.2. The SMILES string of the molecule is COc1ccc(C)c(C(=C2CCC2)N(C=O)Cc2c(F)ccc(F)c2F)c1OC. The maximum Gasteiger partial charge on any atom is 0.214 e. The Morgan fingerprint density at radius 1 is 1.07 bits per heavy atom. The molecule has 1 aliphatic carbocycles. The van der Waals surface area contributed by atoms with Gasteiger partial charge in [0.1, 0.15) is 5.82 Å². The van der Waals surface area contributed by atoms with Gasteiger partial charge >= 0.3 is 0 Å². The number of halogens is 3. The molecular weight excluding hydrogens is 383 g/mol. The number of carbonyl (C=O) groups excluding carboxylic acids is 1. The topological polar surface area (TPSA) is 38.8 Å². The van der Waals surface area contributed by atoms with E-state index in [9.17, 15) is 18.0 Å². The van der Waals surface area contributed by atoms with Crippen molar-refractivity contribution in [3.8, 4) is 11.5 Å². The highest BCUT2D eigenvalue weighted by atomic mass is 19.2. The monoisotopic (exact) mass is 405 g/mol. The smallest absolute Gasteiger partial charge is 0.214 e. The van der Waals surface area contributed by atoms with Crippen LogP contribution in [-0.4, -0.2) is 25.5 Å². The second kappa shape index (κ2) is 8.59. The third-order valence-electron chi connectivity index (χ3n) is 5.16. The standard InChI is InChI=1S/C22H22F3NO3/c1-13-7-10-18(28-2)22(29-3)19(13)21(14-5-4-6-14)26(12-27)11-15-16(23)8-9-17(24)20(15)25/h7-10,12H,4-6,11H2,1-3H3. The van der Waals surface area contributed by atoms with Crippen molar-refractivity contribution < 1.29 is 27.4 Å². The van der Waals surface area contributed by atoms with Crippen molar-refractivity contribution >= 4 is 12.1 Å². The molecule has 154 valence electrons. The first-order valence-corrected chi connectivity index (χ1v) is 9.21. The van der Waals surface area contributed by atoms with Crippen LogP contribution >= 0.6 is 0 Å². The number of nitrogens with zero attached hydrogens (tertiary/aromatic N) is 1. The molecule has 29 heavy (non-hydrogen) atoms. The number of aryl methyl sites for hydroxylation is 1. The molecule has 2 aromatic carbocycles. The lowest BCUT2D eigenvalue weighted by atomic mass is 9.86. The minimum absolute atomic E-state index is 0.425. The lowest BCUT2D eigenvalue weighted by molar-refractivity contribution is -0.115. The number of allylic oxidation sites excluding steroid dienone is 1. The van der Waals surface area contributed by atoms with Crippen molar-refractivity contribution in [3.05, 3.63) is 64.0 Å². The molecular formula is C22H22F3NO3. The summed E-state index contributed by atoms with van der Waals surface area (Å²) in [6.45, 7) is 1.40. The predicted octanol–water partition coefficient (Wildman–Crippen LogP) is 4.98. The fraction of sp³-hybridized carbons (Fsp3) is 0.318. The molecule has 0 atom stereocenters. The number of carbonyl (C=O) groups is 1. The fourth-order valence-electron chi connectivity index (χ4n) is 3.49. The summed E-state index contributed by atoms with van der Waals surface area (Å²) in [5, 5.41) is 0. The zero-order valence-electron chi connectivity index (χ0n) is 16.5. The average Bonchev–Trinajstić information content (AvgIpc) is 2.68. The Bertz CT molecular complexity index is 966. The predicted molar refractivity (Wildman–Crippen MR) is 103 cm³/mol. The Kier molecular flexibility index (Phi) is 6.15. The van der Waals surface area contributed by atoms with Gasteiger partial charge in [0.2, 0.25) is 6.41 Å². The van der Waals surface area contributed by atoms with Crippen molar-refractivity contribution in [2.45, 2.75) is 32.7 Å². The summed E-state index contributed by atoms with van der Waals surface area (Å²) in [5.74, 6) is -2.49. The summed E-state index contributed by atoms with van der Waals surface area (Å²) in [6.07, 6.45) is 2.93. The summed E-state index contributed by atoms with van der Waals surface area (Å²) in [5.41, 5.74) is 2.40. The first-order chi connectivity index (χ1) is 13.9. The largest absolute Gasteiger partial charge is 0.493 e. The van der Waals surface area contributed by atoms with Gasteiger partial charge in [-0.1, -0.05) is 6.07 Å². The van der Waals surface area contributed by atoms with Crippen molar-refractivity contribution in [1.82, 2.24) is 4.90 Å². The lowest BCUT2D eigenvalue weighted by Gasteiger charge is -2.31. The van der Waals surface area contributed by atoms with Gasteiger partial charge in [-0.15, -0.1) is 0 Å². The Morgan fingerprint density at radius 3 is 2.31 bits per heavy atom. The van der Waals surface area contributed by atoms with E-state index in [0.29, 0.717) is 29.2 Å². The number of ether oxygens (including phenoxy) is 2. The molecule has 0 bridgehead atoms. The van der Waals surface area contributed by atoms with Crippen molar-refractivity contribution in [1.29, 1.82) is 0 Å². The van der Waals surface area contributed by atoms with Gasteiger partial charge < -0.3 is 14.4 Å². The Balaban J connectivity index is 2.17. The highest BCUT2D eigenvalue weighted by molar-refractivity contribution is 5.82. The van der Waals surface area contributed by atoms with Crippen molar-refractivity contribution in [3.63, 3.8) is 0 Å². The number of benzene rings is 2. The van der Waals surface area contributed by atoms with Gasteiger partial charge in [-0.2, -0.15) is 0 Å². The van der Waals surface area contributed by atoms with Gasteiger partial charge in [-0.25, -0.2) is 13.2 Å². The highest BCUT2D eigenvalue weighted by Crippen LogP contribution is 2.44. The van der Waals surface area contributed by atoms with E-state index in [-0.39, 0.29) is 0 Å². The van der Waals surface area contributed by atoms with Crippen LogP contribution in [-0.2, 0) is 11.3 Å². The number of hydrogen-bond acceptors (Lipinski definition) is 3. The minimum Gasteiger partial charge on any atom is -0.493 e.